The van der Waals surface area contributed by atoms with Crippen LogP contribution in [0.2, 0.25) is 0 Å². The number of nitrogens with zero attached hydrogens (tertiary/aromatic N) is 1. The third-order valence-electron chi connectivity index (χ3n) is 3.49. The molecule has 0 radical (unpaired) electrons. The molecule has 0 heterocycles. The number of rotatable bonds is 8. The first-order chi connectivity index (χ1) is 13.6. The molecule has 2 aromatic carbocycles. The van der Waals surface area contributed by atoms with Gasteiger partial charge < -0.3 is 19.5 Å². The quantitative estimate of drug-likeness (QED) is 0.316. The summed E-state index contributed by atoms with van der Waals surface area (Å²) in [6.07, 6.45) is 3.06. The van der Waals surface area contributed by atoms with Crippen molar-refractivity contribution in [3.63, 3.8) is 0 Å². The Labute approximate surface area is 162 Å². The zero-order valence-corrected chi connectivity index (χ0v) is 15.6. The molecule has 0 saturated carbocycles. The molecule has 0 aliphatic rings. The number of benzene rings is 2. The van der Waals surface area contributed by atoms with Crippen LogP contribution < -0.4 is 25.0 Å². The van der Waals surface area contributed by atoms with Crippen molar-refractivity contribution >= 4 is 23.7 Å². The van der Waals surface area contributed by atoms with Crippen LogP contribution in [0.5, 0.6) is 17.2 Å². The topological polar surface area (TPSA) is 98.2 Å². The maximum Gasteiger partial charge on any atom is 0.329 e. The second-order valence-electron chi connectivity index (χ2n) is 5.39. The number of hydrazone groups is 1. The molecular weight excluding hydrogens is 362 g/mol. The highest BCUT2D eigenvalue weighted by atomic mass is 16.5. The van der Waals surface area contributed by atoms with E-state index in [0.717, 1.165) is 5.56 Å². The van der Waals surface area contributed by atoms with Gasteiger partial charge in [-0.2, -0.15) is 5.10 Å². The molecule has 8 heteroatoms. The molecule has 0 fully saturated rings. The number of anilines is 1. The maximum absolute atomic E-state index is 12.0. The summed E-state index contributed by atoms with van der Waals surface area (Å²) in [6.45, 7) is 3.99. The van der Waals surface area contributed by atoms with Crippen molar-refractivity contribution in [2.24, 2.45) is 5.10 Å². The number of carbonyl (C=O) groups excluding carboxylic acids is 2. The van der Waals surface area contributed by atoms with Crippen molar-refractivity contribution in [3.05, 3.63) is 60.7 Å². The van der Waals surface area contributed by atoms with Crippen LogP contribution in [0.3, 0.4) is 0 Å². The van der Waals surface area contributed by atoms with Crippen molar-refractivity contribution in [1.82, 2.24) is 5.43 Å². The molecule has 2 aromatic rings. The van der Waals surface area contributed by atoms with E-state index in [-0.39, 0.29) is 0 Å². The average molecular weight is 383 g/mol. The number of amides is 2. The van der Waals surface area contributed by atoms with Crippen molar-refractivity contribution < 1.29 is 23.8 Å². The SMILES string of the molecule is C=CCOc1ccc(/C=N\NC(=O)C(=O)Nc2cc(OC)ccc2OC)cc1. The molecule has 0 saturated heterocycles. The number of hydrogen-bond donors (Lipinski definition) is 2. The van der Waals surface area contributed by atoms with Gasteiger partial charge in [0.25, 0.3) is 0 Å². The molecule has 28 heavy (non-hydrogen) atoms. The Bertz CT molecular complexity index is 863. The lowest BCUT2D eigenvalue weighted by Gasteiger charge is -2.11. The fourth-order valence-corrected chi connectivity index (χ4v) is 2.11. The first kappa shape index (κ1) is 20.5. The van der Waals surface area contributed by atoms with Gasteiger partial charge in [-0.15, -0.1) is 0 Å². The van der Waals surface area contributed by atoms with Crippen LogP contribution in [0.1, 0.15) is 5.56 Å². The van der Waals surface area contributed by atoms with E-state index in [4.69, 9.17) is 14.2 Å². The maximum atomic E-state index is 12.0. The van der Waals surface area contributed by atoms with Crippen LogP contribution >= 0.6 is 0 Å². The average Bonchev–Trinajstić information content (AvgIpc) is 2.72. The standard InChI is InChI=1S/C20H21N3O5/c1-4-11-28-15-7-5-14(6-8-15)13-21-23-20(25)19(24)22-17-12-16(26-2)9-10-18(17)27-3/h4-10,12-13H,1,11H2,2-3H3,(H,22,24)(H,23,25)/b21-13-. The van der Waals surface area contributed by atoms with Gasteiger partial charge in [0.15, 0.2) is 0 Å². The van der Waals surface area contributed by atoms with Crippen LogP contribution in [0.25, 0.3) is 0 Å². The predicted molar refractivity (Wildman–Crippen MR) is 106 cm³/mol. The summed E-state index contributed by atoms with van der Waals surface area (Å²) in [5, 5.41) is 6.23. The van der Waals surface area contributed by atoms with Gasteiger partial charge in [0.2, 0.25) is 0 Å². The van der Waals surface area contributed by atoms with Crippen LogP contribution in [0.15, 0.2) is 60.2 Å². The molecule has 0 aliphatic heterocycles. The first-order valence-electron chi connectivity index (χ1n) is 8.27. The van der Waals surface area contributed by atoms with Crippen LogP contribution in [-0.2, 0) is 9.59 Å². The summed E-state index contributed by atoms with van der Waals surface area (Å²) in [7, 11) is 2.95. The molecule has 0 spiro atoms. The van der Waals surface area contributed by atoms with Gasteiger partial charge in [-0.25, -0.2) is 5.43 Å². The molecular formula is C20H21N3O5. The summed E-state index contributed by atoms with van der Waals surface area (Å²) < 4.78 is 15.6. The smallest absolute Gasteiger partial charge is 0.329 e. The normalized spacial score (nSPS) is 10.2. The monoisotopic (exact) mass is 383 g/mol. The number of carbonyl (C=O) groups is 2. The molecule has 2 N–H and O–H groups in total. The number of hydrogen-bond acceptors (Lipinski definition) is 6. The lowest BCUT2D eigenvalue weighted by molar-refractivity contribution is -0.136. The van der Waals surface area contributed by atoms with Crippen molar-refractivity contribution in [1.29, 1.82) is 0 Å². The van der Waals surface area contributed by atoms with E-state index in [9.17, 15) is 9.59 Å². The lowest BCUT2D eigenvalue weighted by atomic mass is 10.2. The Kier molecular flexibility index (Phi) is 7.59. The van der Waals surface area contributed by atoms with Gasteiger partial charge in [-0.05, 0) is 42.0 Å². The van der Waals surface area contributed by atoms with Crippen LogP contribution in [0.4, 0.5) is 5.69 Å². The molecule has 0 bridgehead atoms. The van der Waals surface area contributed by atoms with Gasteiger partial charge in [0.1, 0.15) is 23.9 Å². The predicted octanol–water partition coefficient (Wildman–Crippen LogP) is 2.36. The molecule has 0 aliphatic carbocycles. The zero-order valence-electron chi connectivity index (χ0n) is 15.6. The third-order valence-corrected chi connectivity index (χ3v) is 3.49. The van der Waals surface area contributed by atoms with E-state index in [1.54, 1.807) is 48.5 Å². The fraction of sp³-hybridized carbons (Fsp3) is 0.150. The summed E-state index contributed by atoms with van der Waals surface area (Å²) in [6, 6.07) is 11.9. The van der Waals surface area contributed by atoms with Crippen molar-refractivity contribution in [2.75, 3.05) is 26.1 Å². The minimum atomic E-state index is -0.924. The number of methoxy groups -OCH3 is 2. The first-order valence-corrected chi connectivity index (χ1v) is 8.27. The Morgan fingerprint density at radius 2 is 1.75 bits per heavy atom. The van der Waals surface area contributed by atoms with E-state index in [2.05, 4.69) is 22.4 Å². The molecule has 0 atom stereocenters. The Morgan fingerprint density at radius 3 is 2.39 bits per heavy atom. The van der Waals surface area contributed by atoms with Crippen LogP contribution in [-0.4, -0.2) is 38.9 Å². The summed E-state index contributed by atoms with van der Waals surface area (Å²) in [4.78, 5) is 24.0. The largest absolute Gasteiger partial charge is 0.497 e. The zero-order chi connectivity index (χ0) is 20.4. The van der Waals surface area contributed by atoms with Crippen molar-refractivity contribution in [3.8, 4) is 17.2 Å². The van der Waals surface area contributed by atoms with Crippen molar-refractivity contribution in [2.45, 2.75) is 0 Å². The Balaban J connectivity index is 1.93. The highest BCUT2D eigenvalue weighted by Crippen LogP contribution is 2.28. The van der Waals surface area contributed by atoms with E-state index in [0.29, 0.717) is 29.5 Å². The molecule has 0 unspecified atom stereocenters. The highest BCUT2D eigenvalue weighted by molar-refractivity contribution is 6.39. The van der Waals surface area contributed by atoms with E-state index < -0.39 is 11.8 Å². The van der Waals surface area contributed by atoms with Gasteiger partial charge in [-0.1, -0.05) is 12.7 Å². The Morgan fingerprint density at radius 1 is 1.04 bits per heavy atom. The minimum Gasteiger partial charge on any atom is -0.497 e. The number of nitrogens with one attached hydrogen (secondary N) is 2. The molecule has 2 rings (SSSR count). The fourth-order valence-electron chi connectivity index (χ4n) is 2.11. The molecule has 2 amide bonds. The third kappa shape index (κ3) is 5.87. The van der Waals surface area contributed by atoms with Gasteiger partial charge in [0.05, 0.1) is 26.1 Å². The summed E-state index contributed by atoms with van der Waals surface area (Å²) in [5.74, 6) is -0.226. The highest BCUT2D eigenvalue weighted by Gasteiger charge is 2.16. The van der Waals surface area contributed by atoms with E-state index in [1.807, 2.05) is 0 Å². The van der Waals surface area contributed by atoms with E-state index >= 15 is 0 Å². The second kappa shape index (κ2) is 10.4. The molecule has 146 valence electrons. The number of ether oxygens (including phenoxy) is 3. The minimum absolute atomic E-state index is 0.307. The Hall–Kier alpha value is -3.81. The van der Waals surface area contributed by atoms with Crippen LogP contribution in [0, 0.1) is 0 Å². The molecule has 8 nitrogen and oxygen atoms in total. The second-order valence-corrected chi connectivity index (χ2v) is 5.39. The molecule has 0 aromatic heterocycles. The van der Waals surface area contributed by atoms with Gasteiger partial charge in [-0.3, -0.25) is 9.59 Å². The summed E-state index contributed by atoms with van der Waals surface area (Å²) >= 11 is 0. The van der Waals surface area contributed by atoms with Gasteiger partial charge >= 0.3 is 11.8 Å². The lowest BCUT2D eigenvalue weighted by Crippen LogP contribution is -2.32. The van der Waals surface area contributed by atoms with Gasteiger partial charge in [0, 0.05) is 6.07 Å². The summed E-state index contributed by atoms with van der Waals surface area (Å²) in [5.41, 5.74) is 3.20. The van der Waals surface area contributed by atoms with E-state index in [1.165, 1.54) is 20.4 Å².